The lowest BCUT2D eigenvalue weighted by molar-refractivity contribution is -0.385. The van der Waals surface area contributed by atoms with Crippen molar-refractivity contribution in [3.05, 3.63) is 58.1 Å². The molecule has 23 heavy (non-hydrogen) atoms. The van der Waals surface area contributed by atoms with Gasteiger partial charge >= 0.3 is 5.69 Å². The van der Waals surface area contributed by atoms with Crippen LogP contribution < -0.4 is 10.7 Å². The fourth-order valence-electron chi connectivity index (χ4n) is 1.67. The van der Waals surface area contributed by atoms with Gasteiger partial charge in [-0.3, -0.25) is 15.5 Å². The van der Waals surface area contributed by atoms with E-state index in [9.17, 15) is 20.3 Å². The Morgan fingerprint density at radius 3 is 2.57 bits per heavy atom. The van der Waals surface area contributed by atoms with Gasteiger partial charge < -0.3 is 15.5 Å². The molecule has 0 atom stereocenters. The van der Waals surface area contributed by atoms with Crippen molar-refractivity contribution >= 4 is 34.9 Å². The van der Waals surface area contributed by atoms with Crippen molar-refractivity contribution in [3.8, 4) is 11.5 Å². The van der Waals surface area contributed by atoms with Crippen LogP contribution in [0.15, 0.2) is 47.6 Å². The number of nitro benzene ring substituents is 1. The highest BCUT2D eigenvalue weighted by atomic mass is 32.1. The molecule has 0 aliphatic heterocycles. The standard InChI is InChI=1S/C14H12N4O4S/c19-12-7-13(20)11(18(21)22)6-9(12)8-15-17-14(23)16-10-4-2-1-3-5-10/h1-8,19-20H,(H2,16,17,23)/b15-8+. The van der Waals surface area contributed by atoms with Gasteiger partial charge in [0.05, 0.1) is 11.1 Å². The molecule has 2 aromatic rings. The maximum atomic E-state index is 10.7. The minimum atomic E-state index is -0.763. The van der Waals surface area contributed by atoms with E-state index in [1.165, 1.54) is 0 Å². The molecular formula is C14H12N4O4S. The number of thiocarbonyl (C=S) groups is 1. The highest BCUT2D eigenvalue weighted by Crippen LogP contribution is 2.31. The summed E-state index contributed by atoms with van der Waals surface area (Å²) in [4.78, 5) is 9.98. The second-order valence-electron chi connectivity index (χ2n) is 4.35. The molecule has 0 aromatic heterocycles. The number of nitrogens with one attached hydrogen (secondary N) is 2. The summed E-state index contributed by atoms with van der Waals surface area (Å²) in [5, 5.41) is 36.6. The van der Waals surface area contributed by atoms with E-state index >= 15 is 0 Å². The fraction of sp³-hybridized carbons (Fsp3) is 0. The van der Waals surface area contributed by atoms with Crippen molar-refractivity contribution in [1.82, 2.24) is 5.43 Å². The Kier molecular flexibility index (Phi) is 5.05. The minimum Gasteiger partial charge on any atom is -0.507 e. The number of para-hydroxylation sites is 1. The predicted octanol–water partition coefficient (Wildman–Crippen LogP) is 2.33. The zero-order chi connectivity index (χ0) is 16.8. The van der Waals surface area contributed by atoms with Crippen molar-refractivity contribution in [2.24, 2.45) is 5.10 Å². The summed E-state index contributed by atoms with van der Waals surface area (Å²) in [6.45, 7) is 0. The third kappa shape index (κ3) is 4.38. The van der Waals surface area contributed by atoms with Crippen LogP contribution in [0.5, 0.6) is 11.5 Å². The van der Waals surface area contributed by atoms with E-state index in [1.54, 1.807) is 0 Å². The Labute approximate surface area is 136 Å². The zero-order valence-corrected chi connectivity index (χ0v) is 12.4. The van der Waals surface area contributed by atoms with E-state index in [-0.39, 0.29) is 16.4 Å². The van der Waals surface area contributed by atoms with Crippen molar-refractivity contribution in [3.63, 3.8) is 0 Å². The first-order valence-corrected chi connectivity index (χ1v) is 6.73. The Bertz CT molecular complexity index is 765. The summed E-state index contributed by atoms with van der Waals surface area (Å²) in [5.41, 5.74) is 2.81. The fourth-order valence-corrected chi connectivity index (χ4v) is 1.84. The average molecular weight is 332 g/mol. The largest absolute Gasteiger partial charge is 0.507 e. The molecule has 0 unspecified atom stereocenters. The number of benzene rings is 2. The number of anilines is 1. The van der Waals surface area contributed by atoms with Crippen LogP contribution in [-0.2, 0) is 0 Å². The van der Waals surface area contributed by atoms with E-state index in [4.69, 9.17) is 12.2 Å². The molecule has 2 rings (SSSR count). The second kappa shape index (κ2) is 7.18. The molecule has 0 radical (unpaired) electrons. The summed E-state index contributed by atoms with van der Waals surface area (Å²) < 4.78 is 0. The number of aromatic hydroxyl groups is 2. The molecule has 0 amide bonds. The maximum absolute atomic E-state index is 10.7. The monoisotopic (exact) mass is 332 g/mol. The molecule has 9 heteroatoms. The molecule has 0 saturated carbocycles. The highest BCUT2D eigenvalue weighted by molar-refractivity contribution is 7.80. The molecule has 0 saturated heterocycles. The van der Waals surface area contributed by atoms with E-state index < -0.39 is 16.4 Å². The third-order valence-electron chi connectivity index (χ3n) is 2.72. The Balaban J connectivity index is 2.04. The highest BCUT2D eigenvalue weighted by Gasteiger charge is 2.16. The Morgan fingerprint density at radius 1 is 1.22 bits per heavy atom. The average Bonchev–Trinajstić information content (AvgIpc) is 2.50. The molecule has 4 N–H and O–H groups in total. The first kappa shape index (κ1) is 16.2. The van der Waals surface area contributed by atoms with Crippen molar-refractivity contribution in [2.75, 3.05) is 5.32 Å². The van der Waals surface area contributed by atoms with Crippen LogP contribution in [0.1, 0.15) is 5.56 Å². The summed E-state index contributed by atoms with van der Waals surface area (Å²) >= 11 is 5.03. The quantitative estimate of drug-likeness (QED) is 0.293. The van der Waals surface area contributed by atoms with E-state index in [0.29, 0.717) is 0 Å². The lowest BCUT2D eigenvalue weighted by Crippen LogP contribution is -2.23. The van der Waals surface area contributed by atoms with Crippen molar-refractivity contribution in [1.29, 1.82) is 0 Å². The Morgan fingerprint density at radius 2 is 1.91 bits per heavy atom. The molecule has 0 spiro atoms. The van der Waals surface area contributed by atoms with Gasteiger partial charge in [-0.15, -0.1) is 0 Å². The zero-order valence-electron chi connectivity index (χ0n) is 11.6. The number of hydrogen-bond acceptors (Lipinski definition) is 6. The third-order valence-corrected chi connectivity index (χ3v) is 2.92. The first-order valence-electron chi connectivity index (χ1n) is 6.33. The van der Waals surface area contributed by atoms with Crippen molar-refractivity contribution in [2.45, 2.75) is 0 Å². The van der Waals surface area contributed by atoms with Gasteiger partial charge in [0.2, 0.25) is 0 Å². The van der Waals surface area contributed by atoms with E-state index in [0.717, 1.165) is 24.0 Å². The number of phenolic OH excluding ortho intramolecular Hbond substituents is 2. The van der Waals surface area contributed by atoms with Crippen LogP contribution in [0.4, 0.5) is 11.4 Å². The number of nitrogens with zero attached hydrogens (tertiary/aromatic N) is 2. The molecular weight excluding hydrogens is 320 g/mol. The first-order chi connectivity index (χ1) is 11.0. The number of rotatable bonds is 4. The number of hydrazone groups is 1. The van der Waals surface area contributed by atoms with Crippen LogP contribution in [0.3, 0.4) is 0 Å². The minimum absolute atomic E-state index is 0.0597. The molecule has 118 valence electrons. The number of hydrogen-bond donors (Lipinski definition) is 4. The van der Waals surface area contributed by atoms with Crippen LogP contribution in [-0.4, -0.2) is 26.5 Å². The van der Waals surface area contributed by atoms with Crippen molar-refractivity contribution < 1.29 is 15.1 Å². The lowest BCUT2D eigenvalue weighted by Gasteiger charge is -2.06. The smallest absolute Gasteiger partial charge is 0.311 e. The van der Waals surface area contributed by atoms with Crippen LogP contribution >= 0.6 is 12.2 Å². The van der Waals surface area contributed by atoms with E-state index in [1.807, 2.05) is 30.3 Å². The molecule has 0 aliphatic carbocycles. The van der Waals surface area contributed by atoms with Gasteiger partial charge in [-0.25, -0.2) is 0 Å². The van der Waals surface area contributed by atoms with Gasteiger partial charge in [0, 0.05) is 23.4 Å². The SMILES string of the molecule is O=[N+]([O-])c1cc(/C=N/NC(=S)Nc2ccccc2)c(O)cc1O. The maximum Gasteiger partial charge on any atom is 0.311 e. The van der Waals surface area contributed by atoms with Crippen LogP contribution in [0.2, 0.25) is 0 Å². The van der Waals surface area contributed by atoms with Gasteiger partial charge in [0.25, 0.3) is 0 Å². The molecule has 0 heterocycles. The van der Waals surface area contributed by atoms with Gasteiger partial charge in [-0.2, -0.15) is 5.10 Å². The second-order valence-corrected chi connectivity index (χ2v) is 4.76. The molecule has 0 aliphatic rings. The van der Waals surface area contributed by atoms with Gasteiger partial charge in [-0.05, 0) is 24.4 Å². The normalized spacial score (nSPS) is 10.4. The topological polar surface area (TPSA) is 120 Å². The molecule has 0 bridgehead atoms. The number of nitro groups is 1. The molecule has 0 fully saturated rings. The summed E-state index contributed by atoms with van der Waals surface area (Å²) in [7, 11) is 0. The van der Waals surface area contributed by atoms with E-state index in [2.05, 4.69) is 15.8 Å². The lowest BCUT2D eigenvalue weighted by atomic mass is 10.2. The van der Waals surface area contributed by atoms with Gasteiger partial charge in [0.1, 0.15) is 5.75 Å². The Hall–Kier alpha value is -3.20. The number of phenols is 2. The molecule has 8 nitrogen and oxygen atoms in total. The summed E-state index contributed by atoms with van der Waals surface area (Å²) in [6, 6.07) is 11.0. The van der Waals surface area contributed by atoms with Crippen LogP contribution in [0.25, 0.3) is 0 Å². The summed E-state index contributed by atoms with van der Waals surface area (Å²) in [6.07, 6.45) is 1.15. The predicted molar refractivity (Wildman–Crippen MR) is 89.8 cm³/mol. The van der Waals surface area contributed by atoms with Gasteiger partial charge in [-0.1, -0.05) is 18.2 Å². The molecule has 2 aromatic carbocycles. The van der Waals surface area contributed by atoms with Gasteiger partial charge in [0.15, 0.2) is 10.9 Å². The van der Waals surface area contributed by atoms with Crippen LogP contribution in [0, 0.1) is 10.1 Å². The summed E-state index contributed by atoms with van der Waals surface area (Å²) in [5.74, 6) is -0.973.